The topological polar surface area (TPSA) is 29.5 Å². The number of benzene rings is 1. The number of thiol groups is 1. The number of rotatable bonds is 5. The van der Waals surface area contributed by atoms with Crippen LogP contribution in [0.5, 0.6) is 5.75 Å². The van der Waals surface area contributed by atoms with E-state index in [1.165, 1.54) is 0 Å². The zero-order chi connectivity index (χ0) is 13.0. The number of allylic oxidation sites excluding steroid dienone is 2. The van der Waals surface area contributed by atoms with Crippen molar-refractivity contribution in [3.8, 4) is 5.75 Å². The third-order valence-corrected chi connectivity index (χ3v) is 5.01. The Morgan fingerprint density at radius 2 is 1.94 bits per heavy atom. The highest BCUT2D eigenvalue weighted by Gasteiger charge is 2.12. The quantitative estimate of drug-likeness (QED) is 0.801. The van der Waals surface area contributed by atoms with Crippen molar-refractivity contribution in [1.29, 1.82) is 0 Å². The van der Waals surface area contributed by atoms with Gasteiger partial charge in [-0.1, -0.05) is 35.4 Å². The first-order valence-corrected chi connectivity index (χ1v) is 7.85. The van der Waals surface area contributed by atoms with E-state index in [9.17, 15) is 5.11 Å². The van der Waals surface area contributed by atoms with Gasteiger partial charge in [0.2, 0.25) is 0 Å². The predicted octanol–water partition coefficient (Wildman–Crippen LogP) is 4.12. The van der Waals surface area contributed by atoms with Gasteiger partial charge < -0.3 is 9.84 Å². The van der Waals surface area contributed by atoms with E-state index >= 15 is 0 Å². The van der Waals surface area contributed by atoms with Crippen LogP contribution in [0.3, 0.4) is 0 Å². The van der Waals surface area contributed by atoms with Crippen LogP contribution in [0, 0.1) is 0 Å². The zero-order valence-electron chi connectivity index (χ0n) is 9.59. The second-order valence-electron chi connectivity index (χ2n) is 3.82. The van der Waals surface area contributed by atoms with Crippen LogP contribution in [0.15, 0.2) is 41.2 Å². The smallest absolute Gasteiger partial charge is 0.137 e. The summed E-state index contributed by atoms with van der Waals surface area (Å²) in [5.41, 5.74) is -0.360. The minimum Gasteiger partial charge on any atom is -0.492 e. The van der Waals surface area contributed by atoms with Crippen LogP contribution in [-0.2, 0) is 0 Å². The van der Waals surface area contributed by atoms with Gasteiger partial charge in [-0.05, 0) is 29.0 Å². The summed E-state index contributed by atoms with van der Waals surface area (Å²) in [6.07, 6.45) is 4.51. The average Bonchev–Trinajstić information content (AvgIpc) is 2.85. The SMILES string of the molecule is OC(CCOc1ccc(Cl)cc1Cl)[SH]1C=CC=C1. The van der Waals surface area contributed by atoms with E-state index in [1.807, 2.05) is 23.0 Å². The minimum absolute atomic E-state index is 0.360. The maximum atomic E-state index is 9.93. The lowest BCUT2D eigenvalue weighted by Crippen LogP contribution is -2.10. The van der Waals surface area contributed by atoms with E-state index in [-0.39, 0.29) is 5.44 Å². The van der Waals surface area contributed by atoms with Gasteiger partial charge in [-0.3, -0.25) is 0 Å². The van der Waals surface area contributed by atoms with Crippen LogP contribution in [0.25, 0.3) is 0 Å². The molecule has 18 heavy (non-hydrogen) atoms. The van der Waals surface area contributed by atoms with Crippen molar-refractivity contribution in [2.75, 3.05) is 6.61 Å². The molecule has 1 aliphatic heterocycles. The molecule has 0 aliphatic carbocycles. The summed E-state index contributed by atoms with van der Waals surface area (Å²) in [6.45, 7) is 0.434. The summed E-state index contributed by atoms with van der Waals surface area (Å²) in [4.78, 5) is 0. The number of hydrogen-bond donors (Lipinski definition) is 2. The van der Waals surface area contributed by atoms with Gasteiger partial charge in [0.1, 0.15) is 5.75 Å². The molecule has 0 spiro atoms. The first-order valence-electron chi connectivity index (χ1n) is 5.55. The molecule has 98 valence electrons. The third kappa shape index (κ3) is 3.69. The molecule has 0 amide bonds. The molecule has 1 heterocycles. The molecule has 2 rings (SSSR count). The summed E-state index contributed by atoms with van der Waals surface area (Å²) in [6, 6.07) is 5.10. The van der Waals surface area contributed by atoms with Crippen LogP contribution >= 0.6 is 34.1 Å². The molecule has 1 aromatic carbocycles. The number of halogens is 2. The molecule has 1 atom stereocenters. The van der Waals surface area contributed by atoms with Crippen LogP contribution in [-0.4, -0.2) is 17.1 Å². The highest BCUT2D eigenvalue weighted by molar-refractivity contribution is 8.22. The number of ether oxygens (including phenoxy) is 1. The molecule has 1 aromatic rings. The molecular weight excluding hydrogens is 291 g/mol. The van der Waals surface area contributed by atoms with Gasteiger partial charge in [0.15, 0.2) is 0 Å². The highest BCUT2D eigenvalue weighted by Crippen LogP contribution is 2.38. The van der Waals surface area contributed by atoms with Crippen molar-refractivity contribution in [2.24, 2.45) is 0 Å². The van der Waals surface area contributed by atoms with Gasteiger partial charge in [-0.25, -0.2) is 0 Å². The van der Waals surface area contributed by atoms with Gasteiger partial charge in [0.25, 0.3) is 0 Å². The molecule has 0 saturated carbocycles. The van der Waals surface area contributed by atoms with Crippen molar-refractivity contribution in [3.05, 3.63) is 51.2 Å². The van der Waals surface area contributed by atoms with Crippen LogP contribution in [0.1, 0.15) is 6.42 Å². The number of aliphatic hydroxyl groups excluding tert-OH is 1. The molecule has 0 saturated heterocycles. The fourth-order valence-electron chi connectivity index (χ4n) is 1.56. The van der Waals surface area contributed by atoms with Gasteiger partial charge in [0.05, 0.1) is 17.1 Å². The maximum absolute atomic E-state index is 9.93. The van der Waals surface area contributed by atoms with Gasteiger partial charge in [-0.15, -0.1) is 0 Å². The lowest BCUT2D eigenvalue weighted by atomic mass is 10.3. The van der Waals surface area contributed by atoms with E-state index < -0.39 is 10.9 Å². The van der Waals surface area contributed by atoms with Crippen molar-refractivity contribution in [2.45, 2.75) is 11.9 Å². The molecule has 0 radical (unpaired) electrons. The molecule has 1 unspecified atom stereocenters. The van der Waals surface area contributed by atoms with E-state index in [0.717, 1.165) is 0 Å². The molecule has 5 heteroatoms. The standard InChI is InChI=1S/C13H14Cl2O2S/c14-10-3-4-12(11(15)9-10)17-6-5-13(16)18-7-1-2-8-18/h1-4,7-9,13,16,18H,5-6H2. The van der Waals surface area contributed by atoms with Gasteiger partial charge in [-0.2, -0.15) is 10.9 Å². The summed E-state index contributed by atoms with van der Waals surface area (Å²) in [5.74, 6) is 0.596. The molecule has 0 aromatic heterocycles. The first-order chi connectivity index (χ1) is 8.66. The van der Waals surface area contributed by atoms with Crippen molar-refractivity contribution < 1.29 is 9.84 Å². The lowest BCUT2D eigenvalue weighted by molar-refractivity contribution is 0.208. The summed E-state index contributed by atoms with van der Waals surface area (Å²) in [5, 5.41) is 15.1. The Morgan fingerprint density at radius 1 is 1.22 bits per heavy atom. The summed E-state index contributed by atoms with van der Waals surface area (Å²) < 4.78 is 5.53. The monoisotopic (exact) mass is 304 g/mol. The fraction of sp³-hybridized carbons (Fsp3) is 0.231. The normalized spacial score (nSPS) is 17.2. The number of hydrogen-bond acceptors (Lipinski definition) is 2. The predicted molar refractivity (Wildman–Crippen MR) is 79.8 cm³/mol. The van der Waals surface area contributed by atoms with Crippen LogP contribution in [0.2, 0.25) is 10.0 Å². The Bertz CT molecular complexity index is 462. The Hall–Kier alpha value is -0.610. The Labute approximate surface area is 119 Å². The molecule has 0 bridgehead atoms. The fourth-order valence-corrected chi connectivity index (χ4v) is 3.52. The lowest BCUT2D eigenvalue weighted by Gasteiger charge is -2.18. The summed E-state index contributed by atoms with van der Waals surface area (Å²) in [7, 11) is -0.539. The average molecular weight is 305 g/mol. The number of aliphatic hydroxyl groups is 1. The second-order valence-corrected chi connectivity index (χ2v) is 6.75. The first kappa shape index (κ1) is 13.8. The van der Waals surface area contributed by atoms with Crippen molar-refractivity contribution in [1.82, 2.24) is 0 Å². The largest absolute Gasteiger partial charge is 0.492 e. The van der Waals surface area contributed by atoms with Crippen LogP contribution < -0.4 is 4.74 Å². The zero-order valence-corrected chi connectivity index (χ0v) is 12.0. The second kappa shape index (κ2) is 6.53. The van der Waals surface area contributed by atoms with E-state index in [2.05, 4.69) is 0 Å². The minimum atomic E-state index is -0.539. The van der Waals surface area contributed by atoms with Crippen molar-refractivity contribution >= 4 is 34.1 Å². The van der Waals surface area contributed by atoms with Crippen molar-refractivity contribution in [3.63, 3.8) is 0 Å². The van der Waals surface area contributed by atoms with E-state index in [1.54, 1.807) is 18.2 Å². The summed E-state index contributed by atoms with van der Waals surface area (Å²) >= 11 is 11.8. The van der Waals surface area contributed by atoms with Gasteiger partial charge >= 0.3 is 0 Å². The van der Waals surface area contributed by atoms with Crippen LogP contribution in [0.4, 0.5) is 0 Å². The third-order valence-electron chi connectivity index (χ3n) is 2.50. The molecule has 0 fully saturated rings. The molecule has 1 N–H and O–H groups in total. The molecular formula is C13H14Cl2O2S. The molecule has 2 nitrogen and oxygen atoms in total. The van der Waals surface area contributed by atoms with Gasteiger partial charge in [0, 0.05) is 11.4 Å². The Kier molecular flexibility index (Phi) is 5.01. The highest BCUT2D eigenvalue weighted by atomic mass is 35.5. The van der Waals surface area contributed by atoms with E-state index in [0.29, 0.717) is 28.8 Å². The molecule has 1 aliphatic rings. The maximum Gasteiger partial charge on any atom is 0.137 e. The van der Waals surface area contributed by atoms with E-state index in [4.69, 9.17) is 27.9 Å². The Morgan fingerprint density at radius 3 is 2.61 bits per heavy atom. The Balaban J connectivity index is 1.81.